The third-order valence-electron chi connectivity index (χ3n) is 2.24. The number of benzene rings is 1. The Labute approximate surface area is 119 Å². The number of hydrogen-bond donors (Lipinski definition) is 2. The Hall–Kier alpha value is -2.28. The Balaban J connectivity index is 1.91. The monoisotopic (exact) mass is 295 g/mol. The summed E-state index contributed by atoms with van der Waals surface area (Å²) < 4.78 is 28.2. The number of ether oxygens (including phenoxy) is 1. The number of rotatable bonds is 4. The summed E-state index contributed by atoms with van der Waals surface area (Å²) in [5.41, 5.74) is 0.653. The van der Waals surface area contributed by atoms with Gasteiger partial charge in [-0.2, -0.15) is 8.78 Å². The van der Waals surface area contributed by atoms with E-state index in [2.05, 4.69) is 20.4 Å². The van der Waals surface area contributed by atoms with Crippen LogP contribution < -0.4 is 15.4 Å². The molecule has 0 unspecified atom stereocenters. The van der Waals surface area contributed by atoms with Crippen molar-refractivity contribution in [2.75, 3.05) is 10.6 Å². The summed E-state index contributed by atoms with van der Waals surface area (Å²) in [6.45, 7) is -2.83. The number of thiocarbonyl (C=S) groups is 1. The first kappa shape index (κ1) is 14.1. The minimum atomic E-state index is -2.83. The van der Waals surface area contributed by atoms with Crippen LogP contribution in [0.1, 0.15) is 0 Å². The molecular weight excluding hydrogens is 284 g/mol. The SMILES string of the molecule is FC(F)Oc1ccc(NC(=S)Nc2ccccn2)cc1. The van der Waals surface area contributed by atoms with E-state index in [0.717, 1.165) is 0 Å². The van der Waals surface area contributed by atoms with Crippen LogP contribution in [0.4, 0.5) is 20.3 Å². The van der Waals surface area contributed by atoms with Gasteiger partial charge in [0.05, 0.1) is 0 Å². The van der Waals surface area contributed by atoms with Crippen LogP contribution >= 0.6 is 12.2 Å². The molecule has 1 heterocycles. The number of pyridine rings is 1. The van der Waals surface area contributed by atoms with Gasteiger partial charge in [-0.25, -0.2) is 4.98 Å². The first-order chi connectivity index (χ1) is 9.63. The molecule has 0 aliphatic heterocycles. The van der Waals surface area contributed by atoms with Gasteiger partial charge in [-0.15, -0.1) is 0 Å². The molecule has 0 spiro atoms. The fourth-order valence-electron chi connectivity index (χ4n) is 1.44. The highest BCUT2D eigenvalue weighted by Gasteiger charge is 2.04. The fourth-order valence-corrected chi connectivity index (χ4v) is 1.66. The number of alkyl halides is 2. The van der Waals surface area contributed by atoms with Crippen molar-refractivity contribution in [1.29, 1.82) is 0 Å². The van der Waals surface area contributed by atoms with Gasteiger partial charge >= 0.3 is 6.61 Å². The molecule has 0 amide bonds. The maximum absolute atomic E-state index is 12.0. The Kier molecular flexibility index (Phi) is 4.78. The van der Waals surface area contributed by atoms with Crippen molar-refractivity contribution >= 4 is 28.8 Å². The van der Waals surface area contributed by atoms with E-state index in [1.807, 2.05) is 6.07 Å². The van der Waals surface area contributed by atoms with Crippen LogP contribution in [-0.2, 0) is 0 Å². The lowest BCUT2D eigenvalue weighted by atomic mass is 10.3. The summed E-state index contributed by atoms with van der Waals surface area (Å²) in [4.78, 5) is 4.07. The molecule has 0 aliphatic rings. The van der Waals surface area contributed by atoms with Crippen LogP contribution in [-0.4, -0.2) is 16.7 Å². The van der Waals surface area contributed by atoms with E-state index in [-0.39, 0.29) is 5.75 Å². The van der Waals surface area contributed by atoms with Gasteiger partial charge in [0.25, 0.3) is 0 Å². The maximum Gasteiger partial charge on any atom is 0.387 e. The number of anilines is 2. The molecule has 2 rings (SSSR count). The molecule has 1 aromatic heterocycles. The first-order valence-corrected chi connectivity index (χ1v) is 6.08. The molecular formula is C13H11F2N3OS. The van der Waals surface area contributed by atoms with Crippen LogP contribution in [0.25, 0.3) is 0 Å². The van der Waals surface area contributed by atoms with Crippen molar-refractivity contribution in [3.05, 3.63) is 48.7 Å². The Bertz CT molecular complexity index is 564. The molecule has 2 N–H and O–H groups in total. The summed E-state index contributed by atoms with van der Waals surface area (Å²) >= 11 is 5.11. The van der Waals surface area contributed by atoms with E-state index >= 15 is 0 Å². The zero-order chi connectivity index (χ0) is 14.4. The van der Waals surface area contributed by atoms with Crippen LogP contribution in [0.15, 0.2) is 48.7 Å². The molecule has 104 valence electrons. The highest BCUT2D eigenvalue weighted by molar-refractivity contribution is 7.80. The van der Waals surface area contributed by atoms with Gasteiger partial charge in [0.1, 0.15) is 11.6 Å². The molecule has 0 bridgehead atoms. The molecule has 0 fully saturated rings. The summed E-state index contributed by atoms with van der Waals surface area (Å²) in [7, 11) is 0. The fraction of sp³-hybridized carbons (Fsp3) is 0.0769. The van der Waals surface area contributed by atoms with Gasteiger partial charge in [-0.1, -0.05) is 6.07 Å². The topological polar surface area (TPSA) is 46.2 Å². The third kappa shape index (κ3) is 4.43. The van der Waals surface area contributed by atoms with Crippen LogP contribution in [0.3, 0.4) is 0 Å². The number of aromatic nitrogens is 1. The molecule has 20 heavy (non-hydrogen) atoms. The summed E-state index contributed by atoms with van der Waals surface area (Å²) in [6.07, 6.45) is 1.64. The Morgan fingerprint density at radius 3 is 2.45 bits per heavy atom. The van der Waals surface area contributed by atoms with E-state index < -0.39 is 6.61 Å². The quantitative estimate of drug-likeness (QED) is 0.845. The zero-order valence-electron chi connectivity index (χ0n) is 10.2. The highest BCUT2D eigenvalue weighted by atomic mass is 32.1. The molecule has 7 heteroatoms. The molecule has 2 aromatic rings. The van der Waals surface area contributed by atoms with Gasteiger partial charge in [0.15, 0.2) is 5.11 Å². The number of hydrogen-bond acceptors (Lipinski definition) is 3. The second-order valence-corrected chi connectivity index (χ2v) is 4.11. The summed E-state index contributed by atoms with van der Waals surface area (Å²) in [5.74, 6) is 0.705. The van der Waals surface area contributed by atoms with Gasteiger partial charge in [-0.05, 0) is 48.6 Å². The average molecular weight is 295 g/mol. The number of nitrogens with zero attached hydrogens (tertiary/aromatic N) is 1. The van der Waals surface area contributed by atoms with Gasteiger partial charge in [-0.3, -0.25) is 0 Å². The predicted molar refractivity (Wildman–Crippen MR) is 77.2 cm³/mol. The first-order valence-electron chi connectivity index (χ1n) is 5.67. The Morgan fingerprint density at radius 1 is 1.10 bits per heavy atom. The molecule has 0 saturated carbocycles. The maximum atomic E-state index is 12.0. The van der Waals surface area contributed by atoms with Crippen molar-refractivity contribution in [2.45, 2.75) is 6.61 Å². The normalized spacial score (nSPS) is 10.2. The number of halogens is 2. The molecule has 0 aliphatic carbocycles. The van der Waals surface area contributed by atoms with Crippen molar-refractivity contribution in [1.82, 2.24) is 4.98 Å². The summed E-state index contributed by atoms with van der Waals surface area (Å²) in [5, 5.41) is 6.16. The third-order valence-corrected chi connectivity index (χ3v) is 2.45. The molecule has 0 saturated heterocycles. The molecule has 4 nitrogen and oxygen atoms in total. The van der Waals surface area contributed by atoms with Crippen molar-refractivity contribution in [2.24, 2.45) is 0 Å². The Morgan fingerprint density at radius 2 is 1.85 bits per heavy atom. The van der Waals surface area contributed by atoms with Crippen molar-refractivity contribution in [3.63, 3.8) is 0 Å². The van der Waals surface area contributed by atoms with E-state index in [1.54, 1.807) is 30.5 Å². The second-order valence-electron chi connectivity index (χ2n) is 3.70. The minimum Gasteiger partial charge on any atom is -0.435 e. The second kappa shape index (κ2) is 6.76. The largest absolute Gasteiger partial charge is 0.435 e. The van der Waals surface area contributed by atoms with E-state index in [0.29, 0.717) is 16.6 Å². The summed E-state index contributed by atoms with van der Waals surface area (Å²) in [6, 6.07) is 11.4. The number of nitrogens with one attached hydrogen (secondary N) is 2. The van der Waals surface area contributed by atoms with E-state index in [4.69, 9.17) is 12.2 Å². The van der Waals surface area contributed by atoms with Gasteiger partial charge in [0, 0.05) is 11.9 Å². The molecule has 0 radical (unpaired) electrons. The van der Waals surface area contributed by atoms with Crippen LogP contribution in [0, 0.1) is 0 Å². The lowest BCUT2D eigenvalue weighted by Gasteiger charge is -2.10. The lowest BCUT2D eigenvalue weighted by Crippen LogP contribution is -2.19. The van der Waals surface area contributed by atoms with Crippen molar-refractivity contribution in [3.8, 4) is 5.75 Å². The molecule has 1 aromatic carbocycles. The lowest BCUT2D eigenvalue weighted by molar-refractivity contribution is -0.0498. The highest BCUT2D eigenvalue weighted by Crippen LogP contribution is 2.17. The van der Waals surface area contributed by atoms with Gasteiger partial charge in [0.2, 0.25) is 0 Å². The smallest absolute Gasteiger partial charge is 0.387 e. The zero-order valence-corrected chi connectivity index (χ0v) is 11.0. The van der Waals surface area contributed by atoms with Crippen molar-refractivity contribution < 1.29 is 13.5 Å². The van der Waals surface area contributed by atoms with E-state index in [9.17, 15) is 8.78 Å². The van der Waals surface area contributed by atoms with Gasteiger partial charge < -0.3 is 15.4 Å². The average Bonchev–Trinajstić information content (AvgIpc) is 2.41. The van der Waals surface area contributed by atoms with Crippen LogP contribution in [0.2, 0.25) is 0 Å². The standard InChI is InChI=1S/C13H11F2N3OS/c14-12(15)19-10-6-4-9(5-7-10)17-13(20)18-11-3-1-2-8-16-11/h1-8,12H,(H2,16,17,18,20). The predicted octanol–water partition coefficient (Wildman–Crippen LogP) is 3.49. The van der Waals surface area contributed by atoms with Crippen LogP contribution in [0.5, 0.6) is 5.75 Å². The van der Waals surface area contributed by atoms with E-state index in [1.165, 1.54) is 12.1 Å². The molecule has 0 atom stereocenters. The minimum absolute atomic E-state index is 0.0918.